The summed E-state index contributed by atoms with van der Waals surface area (Å²) in [6.07, 6.45) is 5.94. The van der Waals surface area contributed by atoms with Crippen LogP contribution in [0, 0.1) is 0 Å². The van der Waals surface area contributed by atoms with Gasteiger partial charge in [-0.2, -0.15) is 0 Å². The van der Waals surface area contributed by atoms with Crippen LogP contribution in [0.2, 0.25) is 5.02 Å². The van der Waals surface area contributed by atoms with Crippen molar-refractivity contribution in [3.8, 4) is 0 Å². The Morgan fingerprint density at radius 1 is 1.07 bits per heavy atom. The fraction of sp³-hybridized carbons (Fsp3) is 0.524. The van der Waals surface area contributed by atoms with Gasteiger partial charge in [-0.05, 0) is 50.3 Å². The molecule has 1 aromatic rings. The van der Waals surface area contributed by atoms with E-state index in [9.17, 15) is 19.2 Å². The van der Waals surface area contributed by atoms with E-state index < -0.39 is 24.0 Å². The van der Waals surface area contributed by atoms with Gasteiger partial charge in [-0.3, -0.25) is 19.3 Å². The Hall–Kier alpha value is -2.61. The number of nitrogens with one attached hydrogen (secondary N) is 2. The van der Waals surface area contributed by atoms with Crippen molar-refractivity contribution in [2.75, 3.05) is 25.0 Å². The van der Waals surface area contributed by atoms with Gasteiger partial charge in [0.05, 0.1) is 11.3 Å². The van der Waals surface area contributed by atoms with Crippen LogP contribution in [0.4, 0.5) is 10.5 Å². The molecule has 8 nitrogen and oxygen atoms in total. The number of halogens is 1. The van der Waals surface area contributed by atoms with Crippen molar-refractivity contribution < 1.29 is 19.2 Å². The molecule has 1 spiro atoms. The highest BCUT2D eigenvalue weighted by molar-refractivity contribution is 6.31. The molecular weight excluding hydrogens is 408 g/mol. The van der Waals surface area contributed by atoms with Crippen molar-refractivity contribution in [1.29, 1.82) is 0 Å². The number of urea groups is 1. The van der Waals surface area contributed by atoms with E-state index in [1.54, 1.807) is 17.0 Å². The van der Waals surface area contributed by atoms with E-state index >= 15 is 0 Å². The number of carbonyl (C=O) groups is 4. The molecule has 2 N–H and O–H groups in total. The van der Waals surface area contributed by atoms with Crippen molar-refractivity contribution in [2.24, 2.45) is 0 Å². The molecule has 0 bridgehead atoms. The molecule has 160 valence electrons. The molecule has 0 radical (unpaired) electrons. The lowest BCUT2D eigenvalue weighted by atomic mass is 9.98. The minimum Gasteiger partial charge on any atom is -0.339 e. The van der Waals surface area contributed by atoms with Gasteiger partial charge in [0.2, 0.25) is 5.91 Å². The van der Waals surface area contributed by atoms with Gasteiger partial charge in [0.25, 0.3) is 11.8 Å². The predicted molar refractivity (Wildman–Crippen MR) is 111 cm³/mol. The lowest BCUT2D eigenvalue weighted by Gasteiger charge is -2.27. The van der Waals surface area contributed by atoms with Crippen molar-refractivity contribution in [3.05, 3.63) is 28.8 Å². The molecule has 9 heteroatoms. The summed E-state index contributed by atoms with van der Waals surface area (Å²) in [4.78, 5) is 53.4. The summed E-state index contributed by atoms with van der Waals surface area (Å²) in [5, 5.41) is 5.80. The fourth-order valence-corrected chi connectivity index (χ4v) is 4.72. The minimum absolute atomic E-state index is 0.165. The maximum absolute atomic E-state index is 12.9. The largest absolute Gasteiger partial charge is 0.339 e. The van der Waals surface area contributed by atoms with E-state index in [1.165, 1.54) is 6.07 Å². The highest BCUT2D eigenvalue weighted by Gasteiger charge is 2.52. The Bertz CT molecular complexity index is 891. The number of anilines is 1. The second-order valence-corrected chi connectivity index (χ2v) is 8.64. The molecule has 4 rings (SSSR count). The third-order valence-electron chi connectivity index (χ3n) is 6.13. The summed E-state index contributed by atoms with van der Waals surface area (Å²) in [5.41, 5.74) is -0.229. The molecule has 5 amide bonds. The maximum atomic E-state index is 12.9. The summed E-state index contributed by atoms with van der Waals surface area (Å²) in [6.45, 7) is 0.953. The smallest absolute Gasteiger partial charge is 0.325 e. The van der Waals surface area contributed by atoms with E-state index in [2.05, 4.69) is 10.6 Å². The van der Waals surface area contributed by atoms with Crippen molar-refractivity contribution in [1.82, 2.24) is 15.1 Å². The molecule has 0 atom stereocenters. The van der Waals surface area contributed by atoms with Gasteiger partial charge < -0.3 is 15.5 Å². The highest BCUT2D eigenvalue weighted by atomic mass is 35.5. The van der Waals surface area contributed by atoms with Crippen LogP contribution in [0.3, 0.4) is 0 Å². The summed E-state index contributed by atoms with van der Waals surface area (Å²) in [5.74, 6) is -1.07. The average Bonchev–Trinajstić information content (AvgIpc) is 3.29. The van der Waals surface area contributed by atoms with Crippen LogP contribution in [-0.4, -0.2) is 58.7 Å². The first kappa shape index (κ1) is 20.7. The second kappa shape index (κ2) is 8.26. The standard InChI is InChI=1S/C21H25ClN4O4/c22-14-6-7-15(18(28)25-10-4-1-5-11-25)16(12-14)23-17(27)13-26-19(29)21(24-20(26)30)8-2-3-9-21/h6-7,12H,1-5,8-11,13H2,(H,23,27)(H,24,30). The Labute approximate surface area is 179 Å². The van der Waals surface area contributed by atoms with Gasteiger partial charge in [0.1, 0.15) is 12.1 Å². The van der Waals surface area contributed by atoms with Crippen LogP contribution in [0.5, 0.6) is 0 Å². The maximum Gasteiger partial charge on any atom is 0.325 e. The molecule has 1 aromatic carbocycles. The second-order valence-electron chi connectivity index (χ2n) is 8.20. The van der Waals surface area contributed by atoms with E-state index in [-0.39, 0.29) is 17.5 Å². The van der Waals surface area contributed by atoms with Gasteiger partial charge in [-0.1, -0.05) is 24.4 Å². The monoisotopic (exact) mass is 432 g/mol. The van der Waals surface area contributed by atoms with Crippen LogP contribution in [0.15, 0.2) is 18.2 Å². The van der Waals surface area contributed by atoms with Crippen LogP contribution < -0.4 is 10.6 Å². The molecule has 0 aromatic heterocycles. The van der Waals surface area contributed by atoms with Crippen LogP contribution in [0.25, 0.3) is 0 Å². The Kier molecular flexibility index (Phi) is 5.69. The lowest BCUT2D eigenvalue weighted by molar-refractivity contribution is -0.133. The Morgan fingerprint density at radius 3 is 2.47 bits per heavy atom. The van der Waals surface area contributed by atoms with Crippen LogP contribution in [-0.2, 0) is 9.59 Å². The number of hydrogen-bond donors (Lipinski definition) is 2. The van der Waals surface area contributed by atoms with Crippen LogP contribution in [0.1, 0.15) is 55.3 Å². The molecule has 2 aliphatic heterocycles. The van der Waals surface area contributed by atoms with Gasteiger partial charge in [0.15, 0.2) is 0 Å². The SMILES string of the molecule is O=C(CN1C(=O)NC2(CCCC2)C1=O)Nc1cc(Cl)ccc1C(=O)N1CCCCC1. The summed E-state index contributed by atoms with van der Waals surface area (Å²) >= 11 is 6.08. The number of carbonyl (C=O) groups excluding carboxylic acids is 4. The zero-order valence-corrected chi connectivity index (χ0v) is 17.5. The van der Waals surface area contributed by atoms with Crippen molar-refractivity contribution in [2.45, 2.75) is 50.5 Å². The molecule has 2 saturated heterocycles. The molecule has 30 heavy (non-hydrogen) atoms. The molecule has 1 aliphatic carbocycles. The number of likely N-dealkylation sites (tertiary alicyclic amines) is 1. The minimum atomic E-state index is -0.858. The van der Waals surface area contributed by atoms with Crippen molar-refractivity contribution in [3.63, 3.8) is 0 Å². The number of piperidine rings is 1. The first-order valence-electron chi connectivity index (χ1n) is 10.4. The topological polar surface area (TPSA) is 98.8 Å². The number of hydrogen-bond acceptors (Lipinski definition) is 4. The Balaban J connectivity index is 1.48. The summed E-state index contributed by atoms with van der Waals surface area (Å²) in [6, 6.07) is 4.17. The number of imide groups is 1. The highest BCUT2D eigenvalue weighted by Crippen LogP contribution is 2.35. The van der Waals surface area contributed by atoms with Crippen molar-refractivity contribution >= 4 is 41.0 Å². The number of benzene rings is 1. The average molecular weight is 433 g/mol. The third kappa shape index (κ3) is 3.88. The molecule has 2 heterocycles. The molecule has 1 saturated carbocycles. The Morgan fingerprint density at radius 2 is 1.77 bits per heavy atom. The van der Waals surface area contributed by atoms with Gasteiger partial charge in [-0.15, -0.1) is 0 Å². The molecular formula is C21H25ClN4O4. The number of rotatable bonds is 4. The first-order valence-corrected chi connectivity index (χ1v) is 10.8. The number of amides is 5. The first-order chi connectivity index (χ1) is 14.4. The lowest BCUT2D eigenvalue weighted by Crippen LogP contribution is -2.44. The zero-order chi connectivity index (χ0) is 21.3. The van der Waals surface area contributed by atoms with E-state index in [0.717, 1.165) is 37.0 Å². The normalized spacial score (nSPS) is 20.6. The van der Waals surface area contributed by atoms with Gasteiger partial charge in [-0.25, -0.2) is 4.79 Å². The quantitative estimate of drug-likeness (QED) is 0.714. The summed E-state index contributed by atoms with van der Waals surface area (Å²) in [7, 11) is 0. The summed E-state index contributed by atoms with van der Waals surface area (Å²) < 4.78 is 0. The van der Waals surface area contributed by atoms with E-state index in [1.807, 2.05) is 0 Å². The van der Waals surface area contributed by atoms with E-state index in [0.29, 0.717) is 36.5 Å². The van der Waals surface area contributed by atoms with Crippen LogP contribution >= 0.6 is 11.6 Å². The third-order valence-corrected chi connectivity index (χ3v) is 6.37. The fourth-order valence-electron chi connectivity index (χ4n) is 4.54. The zero-order valence-electron chi connectivity index (χ0n) is 16.7. The molecule has 0 unspecified atom stereocenters. The van der Waals surface area contributed by atoms with Gasteiger partial charge in [0, 0.05) is 18.1 Å². The molecule has 3 fully saturated rings. The number of nitrogens with zero attached hydrogens (tertiary/aromatic N) is 2. The molecule has 3 aliphatic rings. The predicted octanol–water partition coefficient (Wildman–Crippen LogP) is 2.77. The van der Waals surface area contributed by atoms with E-state index in [4.69, 9.17) is 11.6 Å². The van der Waals surface area contributed by atoms with Gasteiger partial charge >= 0.3 is 6.03 Å².